The molecule has 9 rings (SSSR count). The molecule has 0 radical (unpaired) electrons. The second-order valence-corrected chi connectivity index (χ2v) is 16.5. The van der Waals surface area contributed by atoms with E-state index in [2.05, 4.69) is 14.9 Å². The van der Waals surface area contributed by atoms with Gasteiger partial charge < -0.3 is 29.1 Å². The highest BCUT2D eigenvalue weighted by Crippen LogP contribution is 2.50. The van der Waals surface area contributed by atoms with Gasteiger partial charge in [-0.1, -0.05) is 12.1 Å². The predicted octanol–water partition coefficient (Wildman–Crippen LogP) is 9.34. The molecule has 2 aromatic heterocycles. The molecule has 0 spiro atoms. The van der Waals surface area contributed by atoms with Gasteiger partial charge in [-0.2, -0.15) is 0 Å². The van der Waals surface area contributed by atoms with E-state index in [0.717, 1.165) is 24.9 Å². The molecule has 3 atom stereocenters. The van der Waals surface area contributed by atoms with Crippen LogP contribution in [0.25, 0.3) is 22.1 Å². The van der Waals surface area contributed by atoms with E-state index in [4.69, 9.17) is 9.51 Å². The average molecular weight is 820 g/mol. The van der Waals surface area contributed by atoms with Crippen LogP contribution >= 0.6 is 8.60 Å². The first kappa shape index (κ1) is 38.8. The smallest absolute Gasteiger partial charge is 0.328 e. The maximum atomic E-state index is 16.7. The number of halogens is 5. The number of nitrogens with one attached hydrogen (secondary N) is 1. The summed E-state index contributed by atoms with van der Waals surface area (Å²) >= 11 is 0. The number of likely N-dealkylation sites (tertiary alicyclic amines) is 1. The molecule has 10 nitrogen and oxygen atoms in total. The van der Waals surface area contributed by atoms with E-state index in [1.54, 1.807) is 45.6 Å². The van der Waals surface area contributed by atoms with Crippen LogP contribution in [0, 0.1) is 36.0 Å². The zero-order valence-electron chi connectivity index (χ0n) is 32.0. The van der Waals surface area contributed by atoms with Crippen molar-refractivity contribution in [3.63, 3.8) is 0 Å². The molecule has 58 heavy (non-hydrogen) atoms. The van der Waals surface area contributed by atoms with E-state index < -0.39 is 44.0 Å². The van der Waals surface area contributed by atoms with Crippen molar-refractivity contribution in [3.05, 3.63) is 118 Å². The van der Waals surface area contributed by atoms with Gasteiger partial charge >= 0.3 is 8.60 Å². The van der Waals surface area contributed by atoms with Crippen molar-refractivity contribution in [2.24, 2.45) is 0 Å². The summed E-state index contributed by atoms with van der Waals surface area (Å²) in [6, 6.07) is 13.2. The van der Waals surface area contributed by atoms with Gasteiger partial charge in [-0.15, -0.1) is 0 Å². The number of aryl methyl sites for hydroxylation is 1. The maximum Gasteiger partial charge on any atom is 0.328 e. The van der Waals surface area contributed by atoms with Gasteiger partial charge in [-0.25, -0.2) is 31.9 Å². The Hall–Kier alpha value is -4.66. The number of anilines is 2. The number of H-pyrrole nitrogens is 1. The summed E-state index contributed by atoms with van der Waals surface area (Å²) in [6.07, 6.45) is 3.65. The predicted molar refractivity (Wildman–Crippen MR) is 212 cm³/mol. The van der Waals surface area contributed by atoms with Crippen molar-refractivity contribution in [2.45, 2.75) is 76.2 Å². The highest BCUT2D eigenvalue weighted by atomic mass is 31.2. The lowest BCUT2D eigenvalue weighted by atomic mass is 9.89. The third-order valence-corrected chi connectivity index (χ3v) is 12.6. The number of fused-ring (bicyclic) bond motifs is 2. The molecule has 0 amide bonds. The molecule has 304 valence electrons. The standard InChI is InChI=1S/C42H43F5N7O3P/c1-23-48-34-18-28(30(44)20-35(34)49-23)37-9-10-38(29-19-36-40(21-31(29)45)53(22-57-58(55)56)42(50-36)39-4-3-13-51(39)2)54(37)27-16-32(46)41(33(47)17-27)52-14-11-25(12-15-52)24-5-7-26(43)8-6-24/h5-8,16-21,25,37-39,55-56H,3-4,9-15,22H2,1-2H3,(H,48,49)/t37?,38-,39?/m1/s1. The average Bonchev–Trinajstić information content (AvgIpc) is 3.98. The van der Waals surface area contributed by atoms with Crippen LogP contribution in [-0.2, 0) is 11.3 Å². The summed E-state index contributed by atoms with van der Waals surface area (Å²) in [7, 11) is -0.721. The molecule has 3 aliphatic rings. The lowest BCUT2D eigenvalue weighted by molar-refractivity contribution is 0.189. The van der Waals surface area contributed by atoms with Gasteiger partial charge in [0, 0.05) is 42.0 Å². The Morgan fingerprint density at radius 3 is 2.09 bits per heavy atom. The van der Waals surface area contributed by atoms with E-state index in [1.807, 2.05) is 7.05 Å². The summed E-state index contributed by atoms with van der Waals surface area (Å²) in [4.78, 5) is 37.1. The Bertz CT molecular complexity index is 2470. The Labute approximate surface area is 332 Å². The van der Waals surface area contributed by atoms with E-state index in [1.165, 1.54) is 36.4 Å². The fourth-order valence-corrected chi connectivity index (χ4v) is 9.78. The second kappa shape index (κ2) is 15.5. The molecule has 5 heterocycles. The Kier molecular flexibility index (Phi) is 10.4. The van der Waals surface area contributed by atoms with Crippen LogP contribution in [0.15, 0.2) is 60.7 Å². The molecule has 4 aromatic carbocycles. The number of aromatic amines is 1. The lowest BCUT2D eigenvalue weighted by Gasteiger charge is -2.36. The number of imidazole rings is 2. The molecular formula is C42H43F5N7O3P. The van der Waals surface area contributed by atoms with Crippen molar-refractivity contribution < 1.29 is 36.3 Å². The minimum Gasteiger partial charge on any atom is -0.367 e. The number of piperidine rings is 1. The summed E-state index contributed by atoms with van der Waals surface area (Å²) in [5, 5.41) is 0. The van der Waals surface area contributed by atoms with Crippen LogP contribution in [0.3, 0.4) is 0 Å². The van der Waals surface area contributed by atoms with Crippen molar-refractivity contribution in [2.75, 3.05) is 36.5 Å². The van der Waals surface area contributed by atoms with Gasteiger partial charge in [0.15, 0.2) is 11.6 Å². The third kappa shape index (κ3) is 7.10. The van der Waals surface area contributed by atoms with Gasteiger partial charge in [0.1, 0.15) is 41.5 Å². The van der Waals surface area contributed by atoms with Crippen molar-refractivity contribution in [3.8, 4) is 0 Å². The molecule has 2 unspecified atom stereocenters. The molecule has 16 heteroatoms. The Balaban J connectivity index is 1.11. The number of hydrogen-bond acceptors (Lipinski definition) is 8. The molecule has 3 aliphatic heterocycles. The van der Waals surface area contributed by atoms with Crippen LogP contribution in [0.1, 0.15) is 90.9 Å². The van der Waals surface area contributed by atoms with E-state index in [9.17, 15) is 14.2 Å². The quantitative estimate of drug-likeness (QED) is 0.0980. The number of rotatable bonds is 9. The topological polar surface area (TPSA) is 106 Å². The van der Waals surface area contributed by atoms with Crippen LogP contribution < -0.4 is 9.80 Å². The van der Waals surface area contributed by atoms with Crippen molar-refractivity contribution in [1.82, 2.24) is 24.4 Å². The van der Waals surface area contributed by atoms with Crippen LogP contribution in [-0.4, -0.2) is 60.9 Å². The summed E-state index contributed by atoms with van der Waals surface area (Å²) in [6.45, 7) is 3.12. The van der Waals surface area contributed by atoms with Crippen LogP contribution in [0.2, 0.25) is 0 Å². The third-order valence-electron chi connectivity index (χ3n) is 12.3. The summed E-state index contributed by atoms with van der Waals surface area (Å²) < 4.78 is 86.0. The second-order valence-electron chi connectivity index (χ2n) is 15.7. The lowest BCUT2D eigenvalue weighted by Crippen LogP contribution is -2.34. The van der Waals surface area contributed by atoms with Crippen LogP contribution in [0.4, 0.5) is 33.3 Å². The number of nitrogens with zero attached hydrogens (tertiary/aromatic N) is 6. The van der Waals surface area contributed by atoms with Gasteiger partial charge in [-0.05, 0) is 107 Å². The number of hydrogen-bond donors (Lipinski definition) is 3. The van der Waals surface area contributed by atoms with Crippen LogP contribution in [0.5, 0.6) is 0 Å². The monoisotopic (exact) mass is 819 g/mol. The van der Waals surface area contributed by atoms with Gasteiger partial charge in [0.2, 0.25) is 0 Å². The summed E-state index contributed by atoms with van der Waals surface area (Å²) in [5.41, 5.74) is 3.35. The zero-order valence-corrected chi connectivity index (χ0v) is 32.9. The Morgan fingerprint density at radius 2 is 1.43 bits per heavy atom. The molecule has 0 saturated carbocycles. The molecule has 6 aromatic rings. The minimum atomic E-state index is -2.69. The normalized spacial score (nSPS) is 20.8. The maximum absolute atomic E-state index is 16.7. The highest BCUT2D eigenvalue weighted by Gasteiger charge is 2.40. The SMILES string of the molecule is Cc1nc2cc(F)c(C3CC[C@H](c4cc5nc(C6CCCN6C)n(COP(O)O)c5cc4F)N3c3cc(F)c(N4CCC(c5ccc(F)cc5)CC4)c(F)c3)cc2[nH]1. The molecular weight excluding hydrogens is 776 g/mol. The van der Waals surface area contributed by atoms with Gasteiger partial charge in [0.25, 0.3) is 0 Å². The number of benzene rings is 4. The zero-order chi connectivity index (χ0) is 40.4. The first-order chi connectivity index (χ1) is 27.9. The number of aromatic nitrogens is 4. The Morgan fingerprint density at radius 1 is 0.759 bits per heavy atom. The first-order valence-electron chi connectivity index (χ1n) is 19.6. The minimum absolute atomic E-state index is 0.110. The molecule has 3 saturated heterocycles. The van der Waals surface area contributed by atoms with Crippen molar-refractivity contribution >= 4 is 42.0 Å². The van der Waals surface area contributed by atoms with Crippen molar-refractivity contribution in [1.29, 1.82) is 0 Å². The molecule has 3 fully saturated rings. The van der Waals surface area contributed by atoms with Gasteiger partial charge in [-0.3, -0.25) is 9.42 Å². The van der Waals surface area contributed by atoms with Gasteiger partial charge in [0.05, 0.1) is 40.2 Å². The fraction of sp³-hybridized carbons (Fsp3) is 0.381. The molecule has 3 N–H and O–H groups in total. The largest absolute Gasteiger partial charge is 0.367 e. The summed E-state index contributed by atoms with van der Waals surface area (Å²) in [5.74, 6) is -1.71. The van der Waals surface area contributed by atoms with E-state index in [-0.39, 0.29) is 47.0 Å². The van der Waals surface area contributed by atoms with E-state index >= 15 is 17.6 Å². The molecule has 0 bridgehead atoms. The molecule has 0 aliphatic carbocycles. The van der Waals surface area contributed by atoms with E-state index in [0.29, 0.717) is 72.5 Å². The first-order valence-corrected chi connectivity index (χ1v) is 20.7. The highest BCUT2D eigenvalue weighted by molar-refractivity contribution is 7.39. The fourth-order valence-electron chi connectivity index (χ4n) is 9.56.